The first kappa shape index (κ1) is 20.1. The van der Waals surface area contributed by atoms with E-state index in [1.54, 1.807) is 36.4 Å². The molecule has 0 bridgehead atoms. The molecule has 0 aliphatic rings. The zero-order valence-corrected chi connectivity index (χ0v) is 16.5. The molecule has 0 spiro atoms. The van der Waals surface area contributed by atoms with Gasteiger partial charge < -0.3 is 9.84 Å². The molecular weight excluding hydrogens is 395 g/mol. The van der Waals surface area contributed by atoms with E-state index in [1.165, 1.54) is 24.4 Å². The fourth-order valence-electron chi connectivity index (χ4n) is 3.19. The zero-order chi connectivity index (χ0) is 21.6. The summed E-state index contributed by atoms with van der Waals surface area (Å²) in [7, 11) is 0. The Balaban J connectivity index is 1.61. The molecule has 0 aliphatic carbocycles. The number of rotatable bonds is 6. The van der Waals surface area contributed by atoms with Gasteiger partial charge in [0.15, 0.2) is 0 Å². The highest BCUT2D eigenvalue weighted by Gasteiger charge is 2.11. The minimum absolute atomic E-state index is 0.0517. The van der Waals surface area contributed by atoms with Gasteiger partial charge in [0.25, 0.3) is 5.91 Å². The molecule has 0 fully saturated rings. The van der Waals surface area contributed by atoms with Gasteiger partial charge in [0.2, 0.25) is 0 Å². The van der Waals surface area contributed by atoms with Crippen molar-refractivity contribution in [1.29, 1.82) is 0 Å². The molecular formula is C25H19FN2O3. The molecule has 0 heterocycles. The number of benzene rings is 4. The molecule has 0 saturated carbocycles. The first-order chi connectivity index (χ1) is 15.1. The second kappa shape index (κ2) is 9.09. The van der Waals surface area contributed by atoms with Crippen molar-refractivity contribution < 1.29 is 19.0 Å². The molecule has 0 aliphatic heterocycles. The Morgan fingerprint density at radius 2 is 1.71 bits per heavy atom. The highest BCUT2D eigenvalue weighted by molar-refractivity contribution is 6.03. The van der Waals surface area contributed by atoms with Crippen molar-refractivity contribution in [3.05, 3.63) is 107 Å². The molecule has 4 aromatic carbocycles. The van der Waals surface area contributed by atoms with Crippen molar-refractivity contribution >= 4 is 22.9 Å². The van der Waals surface area contributed by atoms with Gasteiger partial charge in [0.1, 0.15) is 23.9 Å². The Bertz CT molecular complexity index is 1270. The van der Waals surface area contributed by atoms with E-state index in [9.17, 15) is 14.3 Å². The molecule has 0 saturated heterocycles. The van der Waals surface area contributed by atoms with E-state index in [4.69, 9.17) is 4.74 Å². The molecule has 31 heavy (non-hydrogen) atoms. The summed E-state index contributed by atoms with van der Waals surface area (Å²) in [6.45, 7) is 0.0517. The molecule has 5 nitrogen and oxygen atoms in total. The molecule has 2 N–H and O–H groups in total. The van der Waals surface area contributed by atoms with E-state index in [1.807, 2.05) is 30.3 Å². The molecule has 154 valence electrons. The minimum Gasteiger partial charge on any atom is -0.507 e. The van der Waals surface area contributed by atoms with E-state index in [-0.39, 0.29) is 23.7 Å². The van der Waals surface area contributed by atoms with Crippen molar-refractivity contribution in [3.8, 4) is 11.5 Å². The van der Waals surface area contributed by atoms with E-state index < -0.39 is 5.91 Å². The van der Waals surface area contributed by atoms with E-state index in [0.717, 1.165) is 10.8 Å². The lowest BCUT2D eigenvalue weighted by Gasteiger charge is -2.12. The van der Waals surface area contributed by atoms with Crippen LogP contribution < -0.4 is 10.2 Å². The second-order valence-electron chi connectivity index (χ2n) is 6.79. The van der Waals surface area contributed by atoms with Gasteiger partial charge in [-0.15, -0.1) is 0 Å². The van der Waals surface area contributed by atoms with Gasteiger partial charge in [-0.3, -0.25) is 4.79 Å². The number of hydrazone groups is 1. The van der Waals surface area contributed by atoms with Crippen molar-refractivity contribution in [3.63, 3.8) is 0 Å². The van der Waals surface area contributed by atoms with Crippen LogP contribution in [0.5, 0.6) is 11.5 Å². The monoisotopic (exact) mass is 414 g/mol. The summed E-state index contributed by atoms with van der Waals surface area (Å²) in [5.41, 5.74) is 3.62. The van der Waals surface area contributed by atoms with E-state index in [0.29, 0.717) is 16.9 Å². The van der Waals surface area contributed by atoms with Crippen molar-refractivity contribution in [2.24, 2.45) is 5.10 Å². The Hall–Kier alpha value is -4.19. The quantitative estimate of drug-likeness (QED) is 0.343. The molecule has 1 amide bonds. The predicted molar refractivity (Wildman–Crippen MR) is 118 cm³/mol. The maximum absolute atomic E-state index is 14.0. The first-order valence-corrected chi connectivity index (χ1v) is 9.63. The molecule has 4 rings (SSSR count). The number of phenols is 1. The molecule has 0 unspecified atom stereocenters. The van der Waals surface area contributed by atoms with Crippen LogP contribution in [0.4, 0.5) is 4.39 Å². The van der Waals surface area contributed by atoms with Crippen molar-refractivity contribution in [2.45, 2.75) is 6.61 Å². The molecule has 0 aromatic heterocycles. The second-order valence-corrected chi connectivity index (χ2v) is 6.79. The van der Waals surface area contributed by atoms with Crippen LogP contribution >= 0.6 is 0 Å². The number of amides is 1. The fourth-order valence-corrected chi connectivity index (χ4v) is 3.19. The standard InChI is InChI=1S/C25H19FN2O3/c26-22-11-5-2-8-18(22)16-31-24-14-13-17-7-1-3-9-19(17)21(24)15-27-28-25(30)20-10-4-6-12-23(20)29/h1-15,29H,16H2,(H,28,30)/b27-15-. The predicted octanol–water partition coefficient (Wildman–Crippen LogP) is 5.03. The number of ether oxygens (including phenoxy) is 1. The molecule has 0 atom stereocenters. The minimum atomic E-state index is -0.539. The molecule has 4 aromatic rings. The van der Waals surface area contributed by atoms with Gasteiger partial charge in [0.05, 0.1) is 11.8 Å². The largest absolute Gasteiger partial charge is 0.507 e. The van der Waals surface area contributed by atoms with Crippen LogP contribution in [0.3, 0.4) is 0 Å². The summed E-state index contributed by atoms with van der Waals surface area (Å²) in [4.78, 5) is 12.3. The zero-order valence-electron chi connectivity index (χ0n) is 16.5. The van der Waals surface area contributed by atoms with Gasteiger partial charge >= 0.3 is 0 Å². The first-order valence-electron chi connectivity index (χ1n) is 9.63. The smallest absolute Gasteiger partial charge is 0.275 e. The van der Waals surface area contributed by atoms with Gasteiger partial charge in [0, 0.05) is 11.1 Å². The van der Waals surface area contributed by atoms with Crippen LogP contribution in [0.15, 0.2) is 90.0 Å². The number of fused-ring (bicyclic) bond motifs is 1. The summed E-state index contributed by atoms with van der Waals surface area (Å²) < 4.78 is 19.8. The number of nitrogens with one attached hydrogen (secondary N) is 1. The van der Waals surface area contributed by atoms with Crippen LogP contribution in [0.1, 0.15) is 21.5 Å². The number of nitrogens with zero attached hydrogens (tertiary/aromatic N) is 1. The number of phenolic OH excluding ortho intramolecular Hbond substituents is 1. The number of halogens is 1. The number of para-hydroxylation sites is 1. The number of hydrogen-bond acceptors (Lipinski definition) is 4. The summed E-state index contributed by atoms with van der Waals surface area (Å²) in [5.74, 6) is -0.506. The molecule has 6 heteroatoms. The van der Waals surface area contributed by atoms with E-state index in [2.05, 4.69) is 10.5 Å². The maximum Gasteiger partial charge on any atom is 0.275 e. The lowest BCUT2D eigenvalue weighted by molar-refractivity contribution is 0.0952. The van der Waals surface area contributed by atoms with Gasteiger partial charge in [-0.05, 0) is 35.0 Å². The third-order valence-corrected chi connectivity index (χ3v) is 4.78. The van der Waals surface area contributed by atoms with Crippen LogP contribution in [0.2, 0.25) is 0 Å². The topological polar surface area (TPSA) is 70.9 Å². The Morgan fingerprint density at radius 3 is 2.55 bits per heavy atom. The molecule has 0 radical (unpaired) electrons. The van der Waals surface area contributed by atoms with Crippen LogP contribution in [-0.2, 0) is 6.61 Å². The van der Waals surface area contributed by atoms with E-state index >= 15 is 0 Å². The highest BCUT2D eigenvalue weighted by atomic mass is 19.1. The van der Waals surface area contributed by atoms with Crippen LogP contribution in [0.25, 0.3) is 10.8 Å². The number of hydrogen-bond donors (Lipinski definition) is 2. The number of carbonyl (C=O) groups is 1. The van der Waals surface area contributed by atoms with Gasteiger partial charge in [-0.25, -0.2) is 9.82 Å². The van der Waals surface area contributed by atoms with Crippen LogP contribution in [0, 0.1) is 5.82 Å². The third kappa shape index (κ3) is 4.53. The fraction of sp³-hybridized carbons (Fsp3) is 0.0400. The van der Waals surface area contributed by atoms with Crippen LogP contribution in [-0.4, -0.2) is 17.2 Å². The Kier molecular flexibility index (Phi) is 5.89. The summed E-state index contributed by atoms with van der Waals surface area (Å²) in [5, 5.41) is 15.7. The number of carbonyl (C=O) groups excluding carboxylic acids is 1. The SMILES string of the molecule is O=C(N/N=C\c1c(OCc2ccccc2F)ccc2ccccc12)c1ccccc1O. The highest BCUT2D eigenvalue weighted by Crippen LogP contribution is 2.27. The summed E-state index contributed by atoms with van der Waals surface area (Å²) in [6, 6.07) is 24.0. The average Bonchev–Trinajstić information content (AvgIpc) is 2.79. The average molecular weight is 414 g/mol. The third-order valence-electron chi connectivity index (χ3n) is 4.78. The maximum atomic E-state index is 14.0. The summed E-state index contributed by atoms with van der Waals surface area (Å²) in [6.07, 6.45) is 1.48. The Labute approximate surface area is 178 Å². The normalized spacial score (nSPS) is 11.0. The van der Waals surface area contributed by atoms with Crippen molar-refractivity contribution in [1.82, 2.24) is 5.43 Å². The summed E-state index contributed by atoms with van der Waals surface area (Å²) >= 11 is 0. The Morgan fingerprint density at radius 1 is 0.968 bits per heavy atom. The lowest BCUT2D eigenvalue weighted by atomic mass is 10.0. The van der Waals surface area contributed by atoms with Crippen molar-refractivity contribution in [2.75, 3.05) is 0 Å². The van der Waals surface area contributed by atoms with Gasteiger partial charge in [-0.2, -0.15) is 5.10 Å². The van der Waals surface area contributed by atoms with Gasteiger partial charge in [-0.1, -0.05) is 60.7 Å². The number of aromatic hydroxyl groups is 1. The lowest BCUT2D eigenvalue weighted by Crippen LogP contribution is -2.17.